The second-order valence-corrected chi connectivity index (χ2v) is 3.05. The van der Waals surface area contributed by atoms with E-state index in [1.54, 1.807) is 13.8 Å². The van der Waals surface area contributed by atoms with Crippen molar-refractivity contribution in [1.82, 2.24) is 0 Å². The van der Waals surface area contributed by atoms with Crippen LogP contribution in [0.2, 0.25) is 0 Å². The van der Waals surface area contributed by atoms with E-state index in [2.05, 4.69) is 4.74 Å². The molecule has 0 fully saturated rings. The van der Waals surface area contributed by atoms with Gasteiger partial charge in [-0.1, -0.05) is 6.92 Å². The Bertz CT molecular complexity index is 157. The highest BCUT2D eigenvalue weighted by molar-refractivity contribution is 7.80. The summed E-state index contributed by atoms with van der Waals surface area (Å²) in [7, 11) is 0. The molecule has 0 aliphatic rings. The van der Waals surface area contributed by atoms with Crippen LogP contribution in [0.4, 0.5) is 0 Å². The smallest absolute Gasteiger partial charge is 0.324 e. The molecular weight excluding hydrogens is 168 g/mol. The topological polar surface area (TPSA) is 63.6 Å². The fourth-order valence-corrected chi connectivity index (χ4v) is 1.14. The van der Waals surface area contributed by atoms with Crippen LogP contribution < -0.4 is 0 Å². The Labute approximate surface area is 68.2 Å². The van der Waals surface area contributed by atoms with Gasteiger partial charge in [0.05, 0.1) is 6.61 Å². The van der Waals surface area contributed by atoms with E-state index in [0.717, 1.165) is 0 Å². The first-order valence-corrected chi connectivity index (χ1v) is 4.56. The van der Waals surface area contributed by atoms with Gasteiger partial charge in [0, 0.05) is 0 Å². The molecule has 0 aliphatic heterocycles. The van der Waals surface area contributed by atoms with Gasteiger partial charge < -0.3 is 9.29 Å². The van der Waals surface area contributed by atoms with Gasteiger partial charge in [0.2, 0.25) is 0 Å². The fraction of sp³-hybridized carbons (Fsp3) is 0.833. The first-order chi connectivity index (χ1) is 5.13. The van der Waals surface area contributed by atoms with Crippen molar-refractivity contribution in [1.29, 1.82) is 0 Å². The molecule has 0 bridgehead atoms. The van der Waals surface area contributed by atoms with Crippen molar-refractivity contribution in [2.45, 2.75) is 25.5 Å². The summed E-state index contributed by atoms with van der Waals surface area (Å²) in [6.07, 6.45) is 0.321. The summed E-state index contributed by atoms with van der Waals surface area (Å²) in [6, 6.07) is 0. The van der Waals surface area contributed by atoms with Gasteiger partial charge in [-0.2, -0.15) is 0 Å². The van der Waals surface area contributed by atoms with E-state index in [-0.39, 0.29) is 6.61 Å². The first kappa shape index (κ1) is 10.6. The monoisotopic (exact) mass is 180 g/mol. The largest absolute Gasteiger partial charge is 0.465 e. The summed E-state index contributed by atoms with van der Waals surface area (Å²) in [5, 5.41) is -0.894. The average Bonchev–Trinajstić information content (AvgIpc) is 1.88. The molecule has 0 saturated heterocycles. The highest BCUT2D eigenvalue weighted by Gasteiger charge is 2.22. The van der Waals surface area contributed by atoms with Crippen molar-refractivity contribution in [2.75, 3.05) is 6.61 Å². The van der Waals surface area contributed by atoms with Crippen molar-refractivity contribution in [3.05, 3.63) is 0 Å². The number of carbonyl (C=O) groups excluding carboxylic acids is 1. The van der Waals surface area contributed by atoms with Crippen molar-refractivity contribution >= 4 is 17.0 Å². The van der Waals surface area contributed by atoms with E-state index in [9.17, 15) is 9.00 Å². The normalized spacial score (nSPS) is 15.5. The molecule has 0 aliphatic carbocycles. The molecule has 2 atom stereocenters. The van der Waals surface area contributed by atoms with Crippen LogP contribution in [0.15, 0.2) is 0 Å². The van der Waals surface area contributed by atoms with Crippen LogP contribution in [0.25, 0.3) is 0 Å². The molecule has 5 heteroatoms. The van der Waals surface area contributed by atoms with Gasteiger partial charge in [-0.3, -0.25) is 4.79 Å². The molecule has 1 N–H and O–H groups in total. The van der Waals surface area contributed by atoms with Gasteiger partial charge in [-0.15, -0.1) is 0 Å². The Hall–Kier alpha value is -0.420. The van der Waals surface area contributed by atoms with E-state index in [1.165, 1.54) is 0 Å². The number of hydrogen-bond donors (Lipinski definition) is 1. The van der Waals surface area contributed by atoms with Crippen molar-refractivity contribution in [2.24, 2.45) is 0 Å². The molecule has 0 spiro atoms. The fourth-order valence-electron chi connectivity index (χ4n) is 0.627. The van der Waals surface area contributed by atoms with E-state index in [0.29, 0.717) is 6.42 Å². The number of rotatable bonds is 4. The third-order valence-corrected chi connectivity index (χ3v) is 2.18. The highest BCUT2D eigenvalue weighted by Crippen LogP contribution is 2.01. The van der Waals surface area contributed by atoms with Gasteiger partial charge >= 0.3 is 5.97 Å². The van der Waals surface area contributed by atoms with Crippen LogP contribution in [0.1, 0.15) is 20.3 Å². The van der Waals surface area contributed by atoms with Crippen LogP contribution in [-0.2, 0) is 20.6 Å². The molecule has 0 heterocycles. The second-order valence-electron chi connectivity index (χ2n) is 1.93. The Kier molecular flexibility index (Phi) is 5.06. The third kappa shape index (κ3) is 3.48. The average molecular weight is 180 g/mol. The molecule has 0 rings (SSSR count). The Morgan fingerprint density at radius 3 is 2.45 bits per heavy atom. The molecule has 11 heavy (non-hydrogen) atoms. The molecule has 2 unspecified atom stereocenters. The van der Waals surface area contributed by atoms with E-state index >= 15 is 0 Å². The standard InChI is InChI=1S/C6H12O4S/c1-3-5(11(8)9)6(7)10-4-2/h5H,3-4H2,1-2H3,(H,8,9). The summed E-state index contributed by atoms with van der Waals surface area (Å²) >= 11 is -2.11. The van der Waals surface area contributed by atoms with Crippen LogP contribution in [-0.4, -0.2) is 26.6 Å². The maximum absolute atomic E-state index is 10.8. The lowest BCUT2D eigenvalue weighted by molar-refractivity contribution is -0.142. The van der Waals surface area contributed by atoms with Gasteiger partial charge in [-0.25, -0.2) is 4.21 Å². The minimum absolute atomic E-state index is 0.243. The third-order valence-electron chi connectivity index (χ3n) is 1.16. The zero-order valence-electron chi connectivity index (χ0n) is 6.57. The maximum Gasteiger partial charge on any atom is 0.324 e. The molecular formula is C6H12O4S. The van der Waals surface area contributed by atoms with Crippen molar-refractivity contribution in [3.8, 4) is 0 Å². The van der Waals surface area contributed by atoms with Crippen molar-refractivity contribution in [3.63, 3.8) is 0 Å². The lowest BCUT2D eigenvalue weighted by atomic mass is 10.3. The Morgan fingerprint density at radius 1 is 1.64 bits per heavy atom. The SMILES string of the molecule is CCOC(=O)C(CC)S(=O)O. The number of hydrogen-bond acceptors (Lipinski definition) is 3. The number of carbonyl (C=O) groups is 1. The molecule has 0 aromatic rings. The highest BCUT2D eigenvalue weighted by atomic mass is 32.2. The summed E-state index contributed by atoms with van der Waals surface area (Å²) < 4.78 is 23.6. The van der Waals surface area contributed by atoms with Crippen LogP contribution in [0.3, 0.4) is 0 Å². The predicted molar refractivity (Wildman–Crippen MR) is 41.5 cm³/mol. The van der Waals surface area contributed by atoms with Gasteiger partial charge in [0.15, 0.2) is 16.3 Å². The van der Waals surface area contributed by atoms with E-state index in [1.807, 2.05) is 0 Å². The molecule has 4 nitrogen and oxygen atoms in total. The molecule has 66 valence electrons. The minimum Gasteiger partial charge on any atom is -0.465 e. The molecule has 0 radical (unpaired) electrons. The van der Waals surface area contributed by atoms with E-state index < -0.39 is 22.3 Å². The molecule has 0 aromatic heterocycles. The maximum atomic E-state index is 10.8. The lowest BCUT2D eigenvalue weighted by Gasteiger charge is -2.07. The summed E-state index contributed by atoms with van der Waals surface area (Å²) in [5.74, 6) is -0.601. The van der Waals surface area contributed by atoms with Crippen molar-refractivity contribution < 1.29 is 18.3 Å². The Balaban J connectivity index is 4.03. The molecule has 0 amide bonds. The van der Waals surface area contributed by atoms with Gasteiger partial charge in [0.25, 0.3) is 0 Å². The summed E-state index contributed by atoms with van der Waals surface area (Å²) in [5.41, 5.74) is 0. The minimum atomic E-state index is -2.11. The summed E-state index contributed by atoms with van der Waals surface area (Å²) in [4.78, 5) is 10.8. The molecule has 0 aromatic carbocycles. The zero-order valence-corrected chi connectivity index (χ0v) is 7.39. The zero-order chi connectivity index (χ0) is 8.85. The number of ether oxygens (including phenoxy) is 1. The predicted octanol–water partition coefficient (Wildman–Crippen LogP) is 0.550. The van der Waals surface area contributed by atoms with Gasteiger partial charge in [0.1, 0.15) is 0 Å². The lowest BCUT2D eigenvalue weighted by Crippen LogP contribution is -2.26. The van der Waals surface area contributed by atoms with Crippen LogP contribution in [0.5, 0.6) is 0 Å². The van der Waals surface area contributed by atoms with Crippen LogP contribution >= 0.6 is 0 Å². The number of esters is 1. The summed E-state index contributed by atoms with van der Waals surface area (Å²) in [6.45, 7) is 3.56. The first-order valence-electron chi connectivity index (χ1n) is 3.39. The van der Waals surface area contributed by atoms with Gasteiger partial charge in [-0.05, 0) is 13.3 Å². The molecule has 0 saturated carbocycles. The quantitative estimate of drug-likeness (QED) is 0.507. The Morgan fingerprint density at radius 2 is 2.18 bits per heavy atom. The van der Waals surface area contributed by atoms with E-state index in [4.69, 9.17) is 4.55 Å². The second kappa shape index (κ2) is 5.26. The van der Waals surface area contributed by atoms with Crippen LogP contribution in [0, 0.1) is 0 Å².